The lowest BCUT2D eigenvalue weighted by Gasteiger charge is -2.30. The zero-order valence-corrected chi connectivity index (χ0v) is 9.19. The predicted molar refractivity (Wildman–Crippen MR) is 57.1 cm³/mol. The van der Waals surface area contributed by atoms with Crippen molar-refractivity contribution < 1.29 is 9.53 Å². The summed E-state index contributed by atoms with van der Waals surface area (Å²) in [5, 5.41) is 0. The highest BCUT2D eigenvalue weighted by Crippen LogP contribution is 2.57. The van der Waals surface area contributed by atoms with Gasteiger partial charge < -0.3 is 4.74 Å². The van der Waals surface area contributed by atoms with Crippen LogP contribution in [0.25, 0.3) is 0 Å². The molecule has 0 unspecified atom stereocenters. The Bertz CT molecular complexity index is 308. The smallest absolute Gasteiger partial charge is 0.305 e. The molecule has 0 aromatic carbocycles. The van der Waals surface area contributed by atoms with E-state index in [1.165, 1.54) is 12.8 Å². The minimum atomic E-state index is -0.0185. The summed E-state index contributed by atoms with van der Waals surface area (Å²) in [6.07, 6.45) is 9.09. The third-order valence-corrected chi connectivity index (χ3v) is 4.51. The molecule has 0 aromatic heterocycles. The normalized spacial score (nSPS) is 45.8. The van der Waals surface area contributed by atoms with Gasteiger partial charge in [-0.25, -0.2) is 0 Å². The maximum atomic E-state index is 11.3. The molecule has 0 amide bonds. The molecule has 0 aliphatic heterocycles. The molecule has 0 N–H and O–H groups in total. The molecular weight excluding hydrogens is 188 g/mol. The minimum absolute atomic E-state index is 0.0185. The lowest BCUT2D eigenvalue weighted by atomic mass is 9.80. The first kappa shape index (κ1) is 9.44. The van der Waals surface area contributed by atoms with E-state index in [2.05, 4.69) is 12.2 Å². The van der Waals surface area contributed by atoms with Crippen LogP contribution in [0.4, 0.5) is 0 Å². The number of carbonyl (C=O) groups excluding carboxylic acids is 1. The number of esters is 1. The summed E-state index contributed by atoms with van der Waals surface area (Å²) in [6.45, 7) is 1.87. The van der Waals surface area contributed by atoms with E-state index in [1.54, 1.807) is 0 Å². The van der Waals surface area contributed by atoms with Gasteiger partial charge in [0.05, 0.1) is 0 Å². The zero-order valence-electron chi connectivity index (χ0n) is 9.19. The van der Waals surface area contributed by atoms with E-state index in [0.717, 1.165) is 24.2 Å². The molecule has 0 saturated heterocycles. The summed E-state index contributed by atoms with van der Waals surface area (Å²) >= 11 is 0. The number of hydrogen-bond donors (Lipinski definition) is 0. The molecule has 2 fully saturated rings. The van der Waals surface area contributed by atoms with Crippen LogP contribution in [0.2, 0.25) is 0 Å². The highest BCUT2D eigenvalue weighted by atomic mass is 16.5. The highest BCUT2D eigenvalue weighted by Gasteiger charge is 2.53. The zero-order chi connectivity index (χ0) is 10.4. The van der Waals surface area contributed by atoms with Crippen molar-refractivity contribution in [2.45, 2.75) is 38.7 Å². The molecule has 2 bridgehead atoms. The van der Waals surface area contributed by atoms with Gasteiger partial charge in [0.1, 0.15) is 6.10 Å². The molecule has 0 radical (unpaired) electrons. The van der Waals surface area contributed by atoms with Crippen LogP contribution in [-0.2, 0) is 9.53 Å². The molecule has 0 heterocycles. The second-order valence-corrected chi connectivity index (χ2v) is 5.18. The van der Waals surface area contributed by atoms with E-state index in [9.17, 15) is 4.79 Å². The standard InChI is InChI=1S/C13H18O2/c1-2-13(14)15-12-7-8-6-11(12)10-5-3-4-9(8)10/h3-4,8-12H,2,5-7H2,1H3/t8-,9-,10-,11+,12-/m1/s1. The van der Waals surface area contributed by atoms with Gasteiger partial charge in [0, 0.05) is 6.42 Å². The highest BCUT2D eigenvalue weighted by molar-refractivity contribution is 5.69. The summed E-state index contributed by atoms with van der Waals surface area (Å²) in [5.74, 6) is 3.04. The summed E-state index contributed by atoms with van der Waals surface area (Å²) in [7, 11) is 0. The molecule has 3 aliphatic rings. The fourth-order valence-electron chi connectivity index (χ4n) is 3.88. The number of rotatable bonds is 2. The van der Waals surface area contributed by atoms with Gasteiger partial charge in [-0.15, -0.1) is 0 Å². The van der Waals surface area contributed by atoms with Crippen LogP contribution in [0.1, 0.15) is 32.6 Å². The van der Waals surface area contributed by atoms with Crippen molar-refractivity contribution in [2.75, 3.05) is 0 Å². The van der Waals surface area contributed by atoms with Gasteiger partial charge in [0.2, 0.25) is 0 Å². The minimum Gasteiger partial charge on any atom is -0.462 e. The topological polar surface area (TPSA) is 26.3 Å². The Morgan fingerprint density at radius 2 is 2.27 bits per heavy atom. The molecule has 3 rings (SSSR count). The lowest BCUT2D eigenvalue weighted by Crippen LogP contribution is -2.32. The lowest BCUT2D eigenvalue weighted by molar-refractivity contribution is -0.152. The summed E-state index contributed by atoms with van der Waals surface area (Å²) < 4.78 is 5.54. The summed E-state index contributed by atoms with van der Waals surface area (Å²) in [4.78, 5) is 11.3. The quantitative estimate of drug-likeness (QED) is 0.512. The van der Waals surface area contributed by atoms with Gasteiger partial charge >= 0.3 is 5.97 Å². The molecule has 2 saturated carbocycles. The Morgan fingerprint density at radius 1 is 1.40 bits per heavy atom. The van der Waals surface area contributed by atoms with Crippen molar-refractivity contribution in [1.82, 2.24) is 0 Å². The maximum absolute atomic E-state index is 11.3. The van der Waals surface area contributed by atoms with Gasteiger partial charge in [-0.2, -0.15) is 0 Å². The molecular formula is C13H18O2. The van der Waals surface area contributed by atoms with Gasteiger partial charge in [0.25, 0.3) is 0 Å². The van der Waals surface area contributed by atoms with Crippen molar-refractivity contribution in [1.29, 1.82) is 0 Å². The van der Waals surface area contributed by atoms with Crippen molar-refractivity contribution in [2.24, 2.45) is 23.7 Å². The van der Waals surface area contributed by atoms with Gasteiger partial charge in [-0.05, 0) is 42.9 Å². The first-order valence-electron chi connectivity index (χ1n) is 6.15. The van der Waals surface area contributed by atoms with Crippen molar-refractivity contribution in [3.8, 4) is 0 Å². The second-order valence-electron chi connectivity index (χ2n) is 5.18. The number of hydrogen-bond acceptors (Lipinski definition) is 2. The molecule has 2 heteroatoms. The van der Waals surface area contributed by atoms with Crippen LogP contribution in [0.3, 0.4) is 0 Å². The van der Waals surface area contributed by atoms with E-state index in [1.807, 2.05) is 6.92 Å². The first-order valence-corrected chi connectivity index (χ1v) is 6.15. The van der Waals surface area contributed by atoms with E-state index >= 15 is 0 Å². The third kappa shape index (κ3) is 1.34. The molecule has 15 heavy (non-hydrogen) atoms. The Balaban J connectivity index is 1.69. The van der Waals surface area contributed by atoms with Gasteiger partial charge in [-0.1, -0.05) is 19.1 Å². The molecule has 0 spiro atoms. The molecule has 3 aliphatic carbocycles. The van der Waals surface area contributed by atoms with E-state index < -0.39 is 0 Å². The number of carbonyl (C=O) groups is 1. The molecule has 0 aromatic rings. The summed E-state index contributed by atoms with van der Waals surface area (Å²) in [6, 6.07) is 0. The SMILES string of the molecule is CCC(=O)O[C@@H]1C[C@H]2C[C@H]1[C@@H]1CC=C[C@H]21. The van der Waals surface area contributed by atoms with Crippen LogP contribution < -0.4 is 0 Å². The maximum Gasteiger partial charge on any atom is 0.305 e. The molecule has 82 valence electrons. The Hall–Kier alpha value is -0.790. The van der Waals surface area contributed by atoms with Crippen molar-refractivity contribution in [3.63, 3.8) is 0 Å². The van der Waals surface area contributed by atoms with Gasteiger partial charge in [-0.3, -0.25) is 4.79 Å². The fourth-order valence-corrected chi connectivity index (χ4v) is 3.88. The molecule has 2 nitrogen and oxygen atoms in total. The van der Waals surface area contributed by atoms with Crippen LogP contribution in [-0.4, -0.2) is 12.1 Å². The summed E-state index contributed by atoms with van der Waals surface area (Å²) in [5.41, 5.74) is 0. The van der Waals surface area contributed by atoms with Crippen LogP contribution >= 0.6 is 0 Å². The monoisotopic (exact) mass is 206 g/mol. The predicted octanol–water partition coefficient (Wildman–Crippen LogP) is 2.54. The van der Waals surface area contributed by atoms with Crippen LogP contribution in [0.15, 0.2) is 12.2 Å². The Labute approximate surface area is 90.7 Å². The molecule has 5 atom stereocenters. The average molecular weight is 206 g/mol. The Kier molecular flexibility index (Phi) is 2.11. The van der Waals surface area contributed by atoms with E-state index in [4.69, 9.17) is 4.74 Å². The van der Waals surface area contributed by atoms with Gasteiger partial charge in [0.15, 0.2) is 0 Å². The Morgan fingerprint density at radius 3 is 3.07 bits per heavy atom. The largest absolute Gasteiger partial charge is 0.462 e. The van der Waals surface area contributed by atoms with Crippen LogP contribution in [0.5, 0.6) is 0 Å². The fraction of sp³-hybridized carbons (Fsp3) is 0.769. The van der Waals surface area contributed by atoms with E-state index in [-0.39, 0.29) is 12.1 Å². The number of fused-ring (bicyclic) bond motifs is 5. The van der Waals surface area contributed by atoms with Crippen molar-refractivity contribution in [3.05, 3.63) is 12.2 Å². The first-order chi connectivity index (χ1) is 7.29. The number of allylic oxidation sites excluding steroid dienone is 2. The van der Waals surface area contributed by atoms with Crippen molar-refractivity contribution >= 4 is 5.97 Å². The average Bonchev–Trinajstić information content (AvgIpc) is 2.87. The second kappa shape index (κ2) is 3.36. The third-order valence-electron chi connectivity index (χ3n) is 4.51. The van der Waals surface area contributed by atoms with Crippen LogP contribution in [0, 0.1) is 23.7 Å². The number of ether oxygens (including phenoxy) is 1. The van der Waals surface area contributed by atoms with E-state index in [0.29, 0.717) is 12.3 Å².